The van der Waals surface area contributed by atoms with Crippen molar-refractivity contribution < 1.29 is 0 Å². The summed E-state index contributed by atoms with van der Waals surface area (Å²) in [6.07, 6.45) is 2.53. The summed E-state index contributed by atoms with van der Waals surface area (Å²) in [5.41, 5.74) is 2.26. The zero-order chi connectivity index (χ0) is 15.0. The van der Waals surface area contributed by atoms with Gasteiger partial charge in [-0.15, -0.1) is 0 Å². The lowest BCUT2D eigenvalue weighted by Crippen LogP contribution is -2.42. The maximum absolute atomic E-state index is 6.13. The number of rotatable bonds is 3. The van der Waals surface area contributed by atoms with Crippen LogP contribution in [0.25, 0.3) is 11.0 Å². The molecule has 0 aliphatic carbocycles. The molecule has 1 saturated heterocycles. The van der Waals surface area contributed by atoms with Crippen molar-refractivity contribution in [1.82, 2.24) is 14.9 Å². The highest BCUT2D eigenvalue weighted by molar-refractivity contribution is 6.31. The molecule has 1 aliphatic heterocycles. The van der Waals surface area contributed by atoms with E-state index in [0.29, 0.717) is 5.92 Å². The number of halogens is 1. The van der Waals surface area contributed by atoms with E-state index < -0.39 is 0 Å². The summed E-state index contributed by atoms with van der Waals surface area (Å²) in [5, 5.41) is 4.29. The van der Waals surface area contributed by atoms with Gasteiger partial charge in [0.2, 0.25) is 0 Å². The highest BCUT2D eigenvalue weighted by Gasteiger charge is 2.36. The van der Waals surface area contributed by atoms with Gasteiger partial charge in [0.1, 0.15) is 5.82 Å². The van der Waals surface area contributed by atoms with E-state index in [-0.39, 0.29) is 5.41 Å². The fourth-order valence-electron chi connectivity index (χ4n) is 3.57. The van der Waals surface area contributed by atoms with Gasteiger partial charge in [0.15, 0.2) is 0 Å². The SMILES string of the molecule is CCn1c(C(C)(C)C2CCCNC2)nc2cc(Cl)ccc21. The topological polar surface area (TPSA) is 29.9 Å². The molecule has 1 atom stereocenters. The predicted octanol–water partition coefficient (Wildman–Crippen LogP) is 3.99. The predicted molar refractivity (Wildman–Crippen MR) is 89.0 cm³/mol. The highest BCUT2D eigenvalue weighted by Crippen LogP contribution is 2.36. The van der Waals surface area contributed by atoms with Crippen LogP contribution in [0.3, 0.4) is 0 Å². The van der Waals surface area contributed by atoms with E-state index in [1.165, 1.54) is 24.2 Å². The lowest BCUT2D eigenvalue weighted by molar-refractivity contribution is 0.237. The smallest absolute Gasteiger partial charge is 0.115 e. The molecular weight excluding hydrogens is 282 g/mol. The second-order valence-electron chi connectivity index (χ2n) is 6.58. The quantitative estimate of drug-likeness (QED) is 0.929. The number of aromatic nitrogens is 2. The lowest BCUT2D eigenvalue weighted by Gasteiger charge is -2.37. The summed E-state index contributed by atoms with van der Waals surface area (Å²) in [6, 6.07) is 6.02. The molecule has 0 radical (unpaired) electrons. The van der Waals surface area contributed by atoms with E-state index in [9.17, 15) is 0 Å². The molecule has 2 aromatic rings. The Morgan fingerprint density at radius 2 is 2.24 bits per heavy atom. The van der Waals surface area contributed by atoms with Crippen molar-refractivity contribution in [2.45, 2.75) is 45.6 Å². The van der Waals surface area contributed by atoms with E-state index >= 15 is 0 Å². The Morgan fingerprint density at radius 3 is 2.90 bits per heavy atom. The molecule has 1 N–H and O–H groups in total. The van der Waals surface area contributed by atoms with Crippen LogP contribution < -0.4 is 5.32 Å². The number of imidazole rings is 1. The second kappa shape index (κ2) is 5.62. The Morgan fingerprint density at radius 1 is 1.43 bits per heavy atom. The van der Waals surface area contributed by atoms with Crippen molar-refractivity contribution in [3.8, 4) is 0 Å². The average Bonchev–Trinajstić information content (AvgIpc) is 2.86. The first kappa shape index (κ1) is 14.9. The third-order valence-electron chi connectivity index (χ3n) is 4.92. The summed E-state index contributed by atoms with van der Waals surface area (Å²) < 4.78 is 2.35. The summed E-state index contributed by atoms with van der Waals surface area (Å²) in [5.74, 6) is 1.82. The average molecular weight is 306 g/mol. The molecule has 21 heavy (non-hydrogen) atoms. The van der Waals surface area contributed by atoms with Gasteiger partial charge in [0.05, 0.1) is 11.0 Å². The number of aryl methyl sites for hydroxylation is 1. The number of nitrogens with zero attached hydrogens (tertiary/aromatic N) is 2. The van der Waals surface area contributed by atoms with Gasteiger partial charge >= 0.3 is 0 Å². The van der Waals surface area contributed by atoms with Crippen LogP contribution >= 0.6 is 11.6 Å². The molecule has 0 bridgehead atoms. The third kappa shape index (κ3) is 2.58. The van der Waals surface area contributed by atoms with Gasteiger partial charge < -0.3 is 9.88 Å². The maximum Gasteiger partial charge on any atom is 0.115 e. The molecule has 2 heterocycles. The minimum atomic E-state index is 0.0644. The van der Waals surface area contributed by atoms with E-state index in [1.54, 1.807) is 0 Å². The van der Waals surface area contributed by atoms with Crippen molar-refractivity contribution in [3.05, 3.63) is 29.0 Å². The highest BCUT2D eigenvalue weighted by atomic mass is 35.5. The number of piperidine rings is 1. The summed E-state index contributed by atoms with van der Waals surface area (Å²) >= 11 is 6.13. The Balaban J connectivity index is 2.09. The first-order chi connectivity index (χ1) is 10.0. The largest absolute Gasteiger partial charge is 0.328 e. The van der Waals surface area contributed by atoms with Crippen LogP contribution in [0, 0.1) is 5.92 Å². The van der Waals surface area contributed by atoms with Crippen LogP contribution in [-0.4, -0.2) is 22.6 Å². The van der Waals surface area contributed by atoms with Crippen LogP contribution in [0.1, 0.15) is 39.4 Å². The molecule has 1 fully saturated rings. The van der Waals surface area contributed by atoms with Crippen molar-refractivity contribution in [2.75, 3.05) is 13.1 Å². The van der Waals surface area contributed by atoms with Gasteiger partial charge in [-0.25, -0.2) is 4.98 Å². The van der Waals surface area contributed by atoms with E-state index in [4.69, 9.17) is 16.6 Å². The van der Waals surface area contributed by atoms with Gasteiger partial charge in [-0.3, -0.25) is 0 Å². The van der Waals surface area contributed by atoms with Crippen molar-refractivity contribution in [2.24, 2.45) is 5.92 Å². The van der Waals surface area contributed by atoms with Crippen LogP contribution in [-0.2, 0) is 12.0 Å². The van der Waals surface area contributed by atoms with Gasteiger partial charge in [-0.2, -0.15) is 0 Å². The first-order valence-electron chi connectivity index (χ1n) is 7.91. The normalized spacial score (nSPS) is 20.1. The minimum Gasteiger partial charge on any atom is -0.328 e. The zero-order valence-corrected chi connectivity index (χ0v) is 13.9. The van der Waals surface area contributed by atoms with Crippen LogP contribution in [0.2, 0.25) is 5.02 Å². The Bertz CT molecular complexity index is 639. The number of fused-ring (bicyclic) bond motifs is 1. The molecular formula is C17H24ClN3. The molecule has 0 spiro atoms. The van der Waals surface area contributed by atoms with Gasteiger partial charge in [-0.05, 0) is 57.0 Å². The molecule has 1 aromatic heterocycles. The van der Waals surface area contributed by atoms with Gasteiger partial charge in [0, 0.05) is 17.0 Å². The Kier molecular flexibility index (Phi) is 3.98. The number of hydrogen-bond acceptors (Lipinski definition) is 2. The van der Waals surface area contributed by atoms with E-state index in [1.807, 2.05) is 12.1 Å². The second-order valence-corrected chi connectivity index (χ2v) is 7.01. The minimum absolute atomic E-state index is 0.0644. The number of benzene rings is 1. The molecule has 1 aromatic carbocycles. The van der Waals surface area contributed by atoms with Crippen LogP contribution in [0.4, 0.5) is 0 Å². The number of hydrogen-bond donors (Lipinski definition) is 1. The third-order valence-corrected chi connectivity index (χ3v) is 5.16. The van der Waals surface area contributed by atoms with Crippen molar-refractivity contribution >= 4 is 22.6 Å². The molecule has 0 amide bonds. The fourth-order valence-corrected chi connectivity index (χ4v) is 3.73. The van der Waals surface area contributed by atoms with E-state index in [2.05, 4.69) is 36.7 Å². The van der Waals surface area contributed by atoms with Gasteiger partial charge in [-0.1, -0.05) is 25.4 Å². The zero-order valence-electron chi connectivity index (χ0n) is 13.1. The first-order valence-corrected chi connectivity index (χ1v) is 8.29. The lowest BCUT2D eigenvalue weighted by atomic mass is 9.74. The molecule has 114 valence electrons. The summed E-state index contributed by atoms with van der Waals surface area (Å²) in [4.78, 5) is 4.94. The standard InChI is InChI=1S/C17H24ClN3/c1-4-21-15-8-7-13(18)10-14(15)20-16(21)17(2,3)12-6-5-9-19-11-12/h7-8,10,12,19H,4-6,9,11H2,1-3H3. The Hall–Kier alpha value is -1.06. The van der Waals surface area contributed by atoms with E-state index in [0.717, 1.165) is 30.2 Å². The number of nitrogens with one attached hydrogen (secondary N) is 1. The summed E-state index contributed by atoms with van der Waals surface area (Å²) in [6.45, 7) is 10.0. The summed E-state index contributed by atoms with van der Waals surface area (Å²) in [7, 11) is 0. The maximum atomic E-state index is 6.13. The molecule has 4 heteroatoms. The molecule has 3 nitrogen and oxygen atoms in total. The molecule has 0 saturated carbocycles. The van der Waals surface area contributed by atoms with Crippen molar-refractivity contribution in [1.29, 1.82) is 0 Å². The van der Waals surface area contributed by atoms with Crippen molar-refractivity contribution in [3.63, 3.8) is 0 Å². The molecule has 1 aliphatic rings. The van der Waals surface area contributed by atoms with Gasteiger partial charge in [0.25, 0.3) is 0 Å². The molecule has 3 rings (SSSR count). The van der Waals surface area contributed by atoms with Crippen LogP contribution in [0.15, 0.2) is 18.2 Å². The van der Waals surface area contributed by atoms with Crippen LogP contribution in [0.5, 0.6) is 0 Å². The molecule has 1 unspecified atom stereocenters. The Labute approximate surface area is 131 Å². The monoisotopic (exact) mass is 305 g/mol. The fraction of sp³-hybridized carbons (Fsp3) is 0.588.